The van der Waals surface area contributed by atoms with E-state index in [0.717, 1.165) is 30.8 Å². The molecule has 22 heavy (non-hydrogen) atoms. The number of sulfonamides is 1. The van der Waals surface area contributed by atoms with Crippen LogP contribution in [-0.2, 0) is 19.6 Å². The van der Waals surface area contributed by atoms with Crippen molar-refractivity contribution in [2.24, 2.45) is 0 Å². The number of hydrogen-bond donors (Lipinski definition) is 1. The van der Waals surface area contributed by atoms with E-state index in [0.29, 0.717) is 17.4 Å². The second-order valence-corrected chi connectivity index (χ2v) is 8.77. The maximum absolute atomic E-state index is 12.1. The van der Waals surface area contributed by atoms with Gasteiger partial charge in [0.25, 0.3) is 0 Å². The quantitative estimate of drug-likeness (QED) is 0.797. The summed E-state index contributed by atoms with van der Waals surface area (Å²) in [5.74, 6) is -0.0890. The van der Waals surface area contributed by atoms with Gasteiger partial charge in [-0.15, -0.1) is 11.3 Å². The van der Waals surface area contributed by atoms with Crippen LogP contribution < -0.4 is 4.72 Å². The Kier molecular flexibility index (Phi) is 6.22. The molecule has 0 aliphatic carbocycles. The van der Waals surface area contributed by atoms with Crippen molar-refractivity contribution in [3.63, 3.8) is 0 Å². The fourth-order valence-electron chi connectivity index (χ4n) is 2.24. The molecule has 0 spiro atoms. The Bertz CT molecular complexity index is 611. The predicted molar refractivity (Wildman–Crippen MR) is 85.7 cm³/mol. The minimum atomic E-state index is -3.57. The van der Waals surface area contributed by atoms with Crippen molar-refractivity contribution in [3.8, 4) is 0 Å². The predicted octanol–water partition coefficient (Wildman–Crippen LogP) is 1.71. The number of nitrogens with one attached hydrogen (secondary N) is 1. The SMILES string of the molecule is CC(=O)N(CCNS(=O)(=O)c1ccc(Cl)s1)CC1CCCO1. The van der Waals surface area contributed by atoms with Gasteiger partial charge >= 0.3 is 0 Å². The van der Waals surface area contributed by atoms with Gasteiger partial charge in [-0.05, 0) is 25.0 Å². The molecular weight excluding hydrogens is 348 g/mol. The van der Waals surface area contributed by atoms with Crippen molar-refractivity contribution >= 4 is 38.9 Å². The first-order valence-corrected chi connectivity index (χ1v) is 9.68. The summed E-state index contributed by atoms with van der Waals surface area (Å²) in [5.41, 5.74) is 0. The standard InChI is InChI=1S/C13H19ClN2O4S2/c1-10(17)16(9-11-3-2-8-20-11)7-6-15-22(18,19)13-5-4-12(14)21-13/h4-5,11,15H,2-3,6-9H2,1H3. The van der Waals surface area contributed by atoms with Crippen molar-refractivity contribution in [3.05, 3.63) is 16.5 Å². The molecule has 1 amide bonds. The van der Waals surface area contributed by atoms with Crippen molar-refractivity contribution in [2.45, 2.75) is 30.1 Å². The van der Waals surface area contributed by atoms with Crippen LogP contribution in [0.5, 0.6) is 0 Å². The van der Waals surface area contributed by atoms with E-state index in [1.807, 2.05) is 0 Å². The van der Waals surface area contributed by atoms with E-state index < -0.39 is 10.0 Å². The van der Waals surface area contributed by atoms with Crippen molar-refractivity contribution < 1.29 is 17.9 Å². The molecule has 0 radical (unpaired) electrons. The zero-order chi connectivity index (χ0) is 16.2. The minimum absolute atomic E-state index is 0.0524. The molecule has 6 nitrogen and oxygen atoms in total. The third-order valence-corrected chi connectivity index (χ3v) is 6.56. The molecule has 0 saturated carbocycles. The molecule has 1 fully saturated rings. The largest absolute Gasteiger partial charge is 0.376 e. The normalized spacial score (nSPS) is 18.5. The maximum Gasteiger partial charge on any atom is 0.250 e. The van der Waals surface area contributed by atoms with E-state index in [1.54, 1.807) is 11.0 Å². The summed E-state index contributed by atoms with van der Waals surface area (Å²) in [6, 6.07) is 3.00. The van der Waals surface area contributed by atoms with E-state index in [9.17, 15) is 13.2 Å². The molecule has 1 aliphatic heterocycles. The zero-order valence-electron chi connectivity index (χ0n) is 12.2. The van der Waals surface area contributed by atoms with Crippen LogP contribution in [0.15, 0.2) is 16.3 Å². The molecule has 1 saturated heterocycles. The molecule has 0 bridgehead atoms. The van der Waals surface area contributed by atoms with Gasteiger partial charge < -0.3 is 9.64 Å². The number of amides is 1. The van der Waals surface area contributed by atoms with Crippen LogP contribution >= 0.6 is 22.9 Å². The smallest absolute Gasteiger partial charge is 0.250 e. The summed E-state index contributed by atoms with van der Waals surface area (Å²) >= 11 is 6.75. The molecule has 2 rings (SSSR count). The van der Waals surface area contributed by atoms with Gasteiger partial charge in [-0.3, -0.25) is 4.79 Å². The van der Waals surface area contributed by atoms with Crippen molar-refractivity contribution in [1.82, 2.24) is 9.62 Å². The Morgan fingerprint density at radius 1 is 1.55 bits per heavy atom. The highest BCUT2D eigenvalue weighted by Crippen LogP contribution is 2.25. The number of carbonyl (C=O) groups is 1. The summed E-state index contributed by atoms with van der Waals surface area (Å²) in [5, 5.41) is 0. The number of carbonyl (C=O) groups excluding carboxylic acids is 1. The highest BCUT2D eigenvalue weighted by Gasteiger charge is 2.21. The number of nitrogens with zero attached hydrogens (tertiary/aromatic N) is 1. The van der Waals surface area contributed by atoms with Gasteiger partial charge in [0.05, 0.1) is 10.4 Å². The molecule has 1 N–H and O–H groups in total. The van der Waals surface area contributed by atoms with E-state index in [4.69, 9.17) is 16.3 Å². The molecule has 1 aliphatic rings. The van der Waals surface area contributed by atoms with E-state index in [1.165, 1.54) is 13.0 Å². The first-order chi connectivity index (χ1) is 10.4. The molecule has 1 aromatic rings. The Balaban J connectivity index is 1.85. The minimum Gasteiger partial charge on any atom is -0.376 e. The lowest BCUT2D eigenvalue weighted by Gasteiger charge is -2.24. The molecule has 9 heteroatoms. The zero-order valence-corrected chi connectivity index (χ0v) is 14.6. The molecule has 2 heterocycles. The lowest BCUT2D eigenvalue weighted by atomic mass is 10.2. The molecule has 1 atom stereocenters. The van der Waals surface area contributed by atoms with Gasteiger partial charge in [0.2, 0.25) is 15.9 Å². The summed E-state index contributed by atoms with van der Waals surface area (Å²) in [4.78, 5) is 13.2. The molecule has 0 aromatic carbocycles. The third kappa shape index (κ3) is 4.92. The van der Waals surface area contributed by atoms with Crippen LogP contribution in [0.2, 0.25) is 4.34 Å². The van der Waals surface area contributed by atoms with Gasteiger partial charge in [0.15, 0.2) is 0 Å². The molecule has 1 unspecified atom stereocenters. The molecule has 1 aromatic heterocycles. The summed E-state index contributed by atoms with van der Waals surface area (Å²) < 4.78 is 32.7. The van der Waals surface area contributed by atoms with Crippen molar-refractivity contribution in [1.29, 1.82) is 0 Å². The van der Waals surface area contributed by atoms with Crippen LogP contribution in [-0.4, -0.2) is 51.6 Å². The fourth-order valence-corrected chi connectivity index (χ4v) is 4.79. The summed E-state index contributed by atoms with van der Waals surface area (Å²) in [6.07, 6.45) is 1.99. The Morgan fingerprint density at radius 2 is 2.32 bits per heavy atom. The van der Waals surface area contributed by atoms with Crippen LogP contribution in [0, 0.1) is 0 Å². The van der Waals surface area contributed by atoms with Crippen molar-refractivity contribution in [2.75, 3.05) is 26.2 Å². The second-order valence-electron chi connectivity index (χ2n) is 5.06. The summed E-state index contributed by atoms with van der Waals surface area (Å²) in [7, 11) is -3.57. The average Bonchev–Trinajstić information content (AvgIpc) is 3.08. The first kappa shape index (κ1) is 17.7. The van der Waals surface area contributed by atoms with E-state index >= 15 is 0 Å². The maximum atomic E-state index is 12.1. The van der Waals surface area contributed by atoms with Gasteiger partial charge in [-0.25, -0.2) is 13.1 Å². The third-order valence-electron chi connectivity index (χ3n) is 3.38. The van der Waals surface area contributed by atoms with E-state index in [-0.39, 0.29) is 22.8 Å². The topological polar surface area (TPSA) is 75.7 Å². The monoisotopic (exact) mass is 366 g/mol. The Labute approximate surface area is 139 Å². The highest BCUT2D eigenvalue weighted by atomic mass is 35.5. The lowest BCUT2D eigenvalue weighted by Crippen LogP contribution is -2.41. The van der Waals surface area contributed by atoms with Gasteiger partial charge in [0, 0.05) is 33.2 Å². The first-order valence-electron chi connectivity index (χ1n) is 7.00. The molecular formula is C13H19ClN2O4S2. The van der Waals surface area contributed by atoms with E-state index in [2.05, 4.69) is 4.72 Å². The van der Waals surface area contributed by atoms with Gasteiger partial charge in [-0.1, -0.05) is 11.6 Å². The number of thiophene rings is 1. The van der Waals surface area contributed by atoms with Gasteiger partial charge in [0.1, 0.15) is 4.21 Å². The second kappa shape index (κ2) is 7.74. The van der Waals surface area contributed by atoms with Gasteiger partial charge in [-0.2, -0.15) is 0 Å². The average molecular weight is 367 g/mol. The fraction of sp³-hybridized carbons (Fsp3) is 0.615. The Morgan fingerprint density at radius 3 is 2.86 bits per heavy atom. The number of hydrogen-bond acceptors (Lipinski definition) is 5. The van der Waals surface area contributed by atoms with Crippen LogP contribution in [0.3, 0.4) is 0 Å². The Hall–Kier alpha value is -0.670. The highest BCUT2D eigenvalue weighted by molar-refractivity contribution is 7.91. The number of ether oxygens (including phenoxy) is 1. The summed E-state index contributed by atoms with van der Waals surface area (Å²) in [6.45, 7) is 3.17. The lowest BCUT2D eigenvalue weighted by molar-refractivity contribution is -0.130. The number of rotatable bonds is 7. The van der Waals surface area contributed by atoms with Crippen LogP contribution in [0.1, 0.15) is 19.8 Å². The van der Waals surface area contributed by atoms with Crippen LogP contribution in [0.4, 0.5) is 0 Å². The molecule has 124 valence electrons. The van der Waals surface area contributed by atoms with Crippen LogP contribution in [0.25, 0.3) is 0 Å². The number of halogens is 1.